The molecule has 2 heterocycles. The highest BCUT2D eigenvalue weighted by atomic mass is 32.1. The third kappa shape index (κ3) is 3.28. The fourth-order valence-corrected chi connectivity index (χ4v) is 4.19. The number of nitrogens with one attached hydrogen (secondary N) is 2. The molecule has 5 nitrogen and oxygen atoms in total. The predicted octanol–water partition coefficient (Wildman–Crippen LogP) is 3.09. The van der Waals surface area contributed by atoms with Gasteiger partial charge in [0.1, 0.15) is 17.2 Å². The van der Waals surface area contributed by atoms with Crippen LogP contribution in [0.4, 0.5) is 20.2 Å². The highest BCUT2D eigenvalue weighted by Gasteiger charge is 2.50. The molecule has 0 aromatic heterocycles. The standard InChI is InChI=1S/C20H20F2N4OS/c21-14-6-7-16(22)17(12-14)24-19(28)25-10-8-20(9-11-25)18(27)23-13-26(20)15-4-2-1-3-5-15/h1-7,12H,8-11,13H2,(H,23,27)(H,24,28). The molecule has 1 spiro atoms. The summed E-state index contributed by atoms with van der Waals surface area (Å²) in [7, 11) is 0. The maximum Gasteiger partial charge on any atom is 0.247 e. The van der Waals surface area contributed by atoms with E-state index in [-0.39, 0.29) is 11.6 Å². The van der Waals surface area contributed by atoms with E-state index in [9.17, 15) is 13.6 Å². The van der Waals surface area contributed by atoms with E-state index in [0.29, 0.717) is 37.7 Å². The fraction of sp³-hybridized carbons (Fsp3) is 0.300. The Hall–Kier alpha value is -2.74. The lowest BCUT2D eigenvalue weighted by Gasteiger charge is -2.44. The molecule has 8 heteroatoms. The van der Waals surface area contributed by atoms with Crippen molar-refractivity contribution in [3.63, 3.8) is 0 Å². The molecule has 2 fully saturated rings. The second-order valence-corrected chi connectivity index (χ2v) is 7.39. The number of amides is 1. The summed E-state index contributed by atoms with van der Waals surface area (Å²) in [6, 6.07) is 13.0. The summed E-state index contributed by atoms with van der Waals surface area (Å²) in [5, 5.41) is 6.06. The summed E-state index contributed by atoms with van der Waals surface area (Å²) in [5.41, 5.74) is 0.393. The van der Waals surface area contributed by atoms with Crippen LogP contribution in [0.1, 0.15) is 12.8 Å². The molecule has 0 saturated carbocycles. The van der Waals surface area contributed by atoms with Crippen molar-refractivity contribution >= 4 is 34.6 Å². The van der Waals surface area contributed by atoms with Crippen LogP contribution in [0.2, 0.25) is 0 Å². The number of hydrogen-bond acceptors (Lipinski definition) is 3. The van der Waals surface area contributed by atoms with Gasteiger partial charge < -0.3 is 20.4 Å². The van der Waals surface area contributed by atoms with Crippen molar-refractivity contribution < 1.29 is 13.6 Å². The summed E-state index contributed by atoms with van der Waals surface area (Å²) in [6.45, 7) is 1.55. The molecule has 1 amide bonds. The maximum atomic E-state index is 13.9. The third-order valence-corrected chi connectivity index (χ3v) is 5.81. The van der Waals surface area contributed by atoms with Crippen molar-refractivity contribution in [2.24, 2.45) is 0 Å². The number of para-hydroxylation sites is 1. The Bertz CT molecular complexity index is 900. The van der Waals surface area contributed by atoms with E-state index in [4.69, 9.17) is 12.2 Å². The Morgan fingerprint density at radius 2 is 1.82 bits per heavy atom. The first kappa shape index (κ1) is 18.6. The molecule has 0 bridgehead atoms. The topological polar surface area (TPSA) is 47.6 Å². The van der Waals surface area contributed by atoms with E-state index >= 15 is 0 Å². The number of piperidine rings is 1. The van der Waals surface area contributed by atoms with Crippen LogP contribution in [0.3, 0.4) is 0 Å². The van der Waals surface area contributed by atoms with Crippen LogP contribution < -0.4 is 15.5 Å². The highest BCUT2D eigenvalue weighted by molar-refractivity contribution is 7.80. The Morgan fingerprint density at radius 3 is 2.54 bits per heavy atom. The zero-order valence-corrected chi connectivity index (χ0v) is 15.9. The number of nitrogens with zero attached hydrogens (tertiary/aromatic N) is 2. The van der Waals surface area contributed by atoms with Gasteiger partial charge in [-0.3, -0.25) is 4.79 Å². The number of carbonyl (C=O) groups is 1. The quantitative estimate of drug-likeness (QED) is 0.756. The lowest BCUT2D eigenvalue weighted by atomic mass is 9.86. The first-order valence-electron chi connectivity index (χ1n) is 9.12. The highest BCUT2D eigenvalue weighted by Crippen LogP contribution is 2.36. The van der Waals surface area contributed by atoms with E-state index in [2.05, 4.69) is 15.5 Å². The number of carbonyl (C=O) groups excluding carboxylic acids is 1. The van der Waals surface area contributed by atoms with E-state index < -0.39 is 17.2 Å². The van der Waals surface area contributed by atoms with Crippen molar-refractivity contribution in [1.29, 1.82) is 0 Å². The minimum atomic E-state index is -0.614. The second kappa shape index (κ2) is 7.35. The molecule has 4 rings (SSSR count). The maximum absolute atomic E-state index is 13.9. The van der Waals surface area contributed by atoms with Gasteiger partial charge in [0.05, 0.1) is 12.4 Å². The van der Waals surface area contributed by atoms with Crippen molar-refractivity contribution in [1.82, 2.24) is 10.2 Å². The normalized spacial score (nSPS) is 18.3. The Kier molecular flexibility index (Phi) is 4.89. The predicted molar refractivity (Wildman–Crippen MR) is 108 cm³/mol. The van der Waals surface area contributed by atoms with Crippen LogP contribution >= 0.6 is 12.2 Å². The zero-order chi connectivity index (χ0) is 19.7. The van der Waals surface area contributed by atoms with Crippen molar-refractivity contribution in [3.8, 4) is 0 Å². The number of likely N-dealkylation sites (tertiary alicyclic amines) is 1. The molecule has 2 saturated heterocycles. The van der Waals surface area contributed by atoms with Crippen LogP contribution in [0.5, 0.6) is 0 Å². The molecule has 0 aliphatic carbocycles. The lowest BCUT2D eigenvalue weighted by Crippen LogP contribution is -2.57. The lowest BCUT2D eigenvalue weighted by molar-refractivity contribution is -0.124. The van der Waals surface area contributed by atoms with Crippen LogP contribution in [-0.4, -0.2) is 41.2 Å². The molecule has 146 valence electrons. The number of thiocarbonyl (C=S) groups is 1. The summed E-state index contributed by atoms with van der Waals surface area (Å²) in [4.78, 5) is 16.7. The summed E-state index contributed by atoms with van der Waals surface area (Å²) in [5.74, 6) is -1.08. The molecule has 2 N–H and O–H groups in total. The van der Waals surface area contributed by atoms with Crippen molar-refractivity contribution in [2.45, 2.75) is 18.4 Å². The summed E-state index contributed by atoms with van der Waals surface area (Å²) < 4.78 is 27.2. The summed E-state index contributed by atoms with van der Waals surface area (Å²) >= 11 is 5.39. The van der Waals surface area contributed by atoms with Gasteiger partial charge in [0.2, 0.25) is 5.91 Å². The van der Waals surface area contributed by atoms with Crippen LogP contribution in [-0.2, 0) is 4.79 Å². The van der Waals surface area contributed by atoms with Gasteiger partial charge in [0.25, 0.3) is 0 Å². The molecule has 2 aromatic rings. The molecule has 28 heavy (non-hydrogen) atoms. The SMILES string of the molecule is O=C1NCN(c2ccccc2)C12CCN(C(=S)Nc1cc(F)ccc1F)CC2. The van der Waals surface area contributed by atoms with E-state index in [0.717, 1.165) is 23.9 Å². The number of benzene rings is 2. The van der Waals surface area contributed by atoms with Crippen LogP contribution in [0, 0.1) is 11.6 Å². The molecule has 2 aliphatic rings. The first-order valence-corrected chi connectivity index (χ1v) is 9.52. The molecule has 2 aliphatic heterocycles. The average Bonchev–Trinajstić information content (AvgIpc) is 3.02. The number of anilines is 2. The summed E-state index contributed by atoms with van der Waals surface area (Å²) in [6.07, 6.45) is 1.17. The van der Waals surface area contributed by atoms with Gasteiger partial charge in [0, 0.05) is 24.8 Å². The van der Waals surface area contributed by atoms with Gasteiger partial charge in [-0.25, -0.2) is 8.78 Å². The Labute approximate surface area is 167 Å². The van der Waals surface area contributed by atoms with E-state index in [1.807, 2.05) is 35.2 Å². The van der Waals surface area contributed by atoms with Crippen molar-refractivity contribution in [3.05, 3.63) is 60.2 Å². The molecular weight excluding hydrogens is 382 g/mol. The van der Waals surface area contributed by atoms with Gasteiger partial charge in [-0.15, -0.1) is 0 Å². The van der Waals surface area contributed by atoms with Gasteiger partial charge >= 0.3 is 0 Å². The Morgan fingerprint density at radius 1 is 1.11 bits per heavy atom. The van der Waals surface area contributed by atoms with Gasteiger partial charge in [-0.05, 0) is 49.3 Å². The fourth-order valence-electron chi connectivity index (χ4n) is 3.90. The zero-order valence-electron chi connectivity index (χ0n) is 15.1. The average molecular weight is 402 g/mol. The monoisotopic (exact) mass is 402 g/mol. The molecule has 2 aromatic carbocycles. The largest absolute Gasteiger partial charge is 0.349 e. The number of hydrogen-bond donors (Lipinski definition) is 2. The smallest absolute Gasteiger partial charge is 0.247 e. The van der Waals surface area contributed by atoms with Gasteiger partial charge in [-0.1, -0.05) is 18.2 Å². The van der Waals surface area contributed by atoms with Crippen LogP contribution in [0.15, 0.2) is 48.5 Å². The molecular formula is C20H20F2N4OS. The number of halogens is 2. The second-order valence-electron chi connectivity index (χ2n) is 7.00. The van der Waals surface area contributed by atoms with Crippen molar-refractivity contribution in [2.75, 3.05) is 30.0 Å². The Balaban J connectivity index is 1.46. The number of rotatable bonds is 2. The third-order valence-electron chi connectivity index (χ3n) is 5.45. The molecule has 0 radical (unpaired) electrons. The van der Waals surface area contributed by atoms with E-state index in [1.54, 1.807) is 0 Å². The van der Waals surface area contributed by atoms with E-state index in [1.165, 1.54) is 0 Å². The minimum absolute atomic E-state index is 0.00908. The van der Waals surface area contributed by atoms with Gasteiger partial charge in [0.15, 0.2) is 5.11 Å². The first-order chi connectivity index (χ1) is 13.5. The van der Waals surface area contributed by atoms with Crippen LogP contribution in [0.25, 0.3) is 0 Å². The van der Waals surface area contributed by atoms with Gasteiger partial charge in [-0.2, -0.15) is 0 Å². The molecule has 0 atom stereocenters. The molecule has 0 unspecified atom stereocenters. The minimum Gasteiger partial charge on any atom is -0.349 e.